The van der Waals surface area contributed by atoms with Gasteiger partial charge < -0.3 is 18.9 Å². The first kappa shape index (κ1) is 22.0. The van der Waals surface area contributed by atoms with Gasteiger partial charge in [-0.1, -0.05) is 25.7 Å². The summed E-state index contributed by atoms with van der Waals surface area (Å²) < 4.78 is 23.8. The van der Waals surface area contributed by atoms with Gasteiger partial charge >= 0.3 is 0 Å². The van der Waals surface area contributed by atoms with Crippen LogP contribution in [-0.2, 0) is 19.2 Å². The molecule has 6 rings (SSSR count). The lowest BCUT2D eigenvalue weighted by Crippen LogP contribution is -2.70. The van der Waals surface area contributed by atoms with Crippen molar-refractivity contribution in [2.45, 2.75) is 76.7 Å². The van der Waals surface area contributed by atoms with Gasteiger partial charge in [0.1, 0.15) is 11.5 Å². The van der Waals surface area contributed by atoms with E-state index in [4.69, 9.17) is 28.7 Å². The molecule has 0 radical (unpaired) electrons. The Morgan fingerprint density at radius 3 is 2.69 bits per heavy atom. The van der Waals surface area contributed by atoms with Crippen LogP contribution in [0.4, 0.5) is 0 Å². The van der Waals surface area contributed by atoms with E-state index in [1.807, 2.05) is 25.1 Å². The van der Waals surface area contributed by atoms with Crippen LogP contribution >= 0.6 is 0 Å². The van der Waals surface area contributed by atoms with Gasteiger partial charge in [-0.2, -0.15) is 0 Å². The number of ether oxygens (including phenoxy) is 4. The highest BCUT2D eigenvalue weighted by Gasteiger charge is 2.69. The molecule has 5 aliphatic rings. The Morgan fingerprint density at radius 1 is 1.06 bits per heavy atom. The van der Waals surface area contributed by atoms with Crippen molar-refractivity contribution in [1.82, 2.24) is 0 Å². The molecule has 0 N–H and O–H groups in total. The molecular weight excluding hydrogens is 408 g/mol. The Balaban J connectivity index is 1.39. The van der Waals surface area contributed by atoms with Crippen molar-refractivity contribution in [3.63, 3.8) is 0 Å². The Labute approximate surface area is 190 Å². The van der Waals surface area contributed by atoms with Crippen LogP contribution in [0.2, 0.25) is 0 Å². The highest BCUT2D eigenvalue weighted by Crippen LogP contribution is 2.60. The molecule has 174 valence electrons. The Morgan fingerprint density at radius 2 is 1.91 bits per heavy atom. The molecular formula is C26H34O6. The van der Waals surface area contributed by atoms with Crippen LogP contribution in [0.15, 0.2) is 18.2 Å². The first-order valence-electron chi connectivity index (χ1n) is 11.8. The van der Waals surface area contributed by atoms with E-state index < -0.39 is 17.7 Å². The normalized spacial score (nSPS) is 42.3. The summed E-state index contributed by atoms with van der Waals surface area (Å²) in [6.45, 7) is 6.57. The molecule has 1 aromatic rings. The summed E-state index contributed by atoms with van der Waals surface area (Å²) in [6, 6.07) is 5.68. The smallest absolute Gasteiger partial charge is 0.201 e. The van der Waals surface area contributed by atoms with Gasteiger partial charge in [-0.05, 0) is 56.1 Å². The molecule has 0 aromatic heterocycles. The highest BCUT2D eigenvalue weighted by atomic mass is 17.3. The SMILES string of the molecule is COc1ccc(C#CC[C@H]2O[C@@H]3OC4(C)CCC5[C@H](C)CCC([C@H]2C)[C@]53OO4)c(OC)c1. The maximum absolute atomic E-state index is 6.61. The van der Waals surface area contributed by atoms with Crippen LogP contribution in [0.5, 0.6) is 11.5 Å². The van der Waals surface area contributed by atoms with Crippen molar-refractivity contribution in [2.75, 3.05) is 14.2 Å². The Bertz CT molecular complexity index is 921. The monoisotopic (exact) mass is 442 g/mol. The van der Waals surface area contributed by atoms with E-state index in [0.717, 1.165) is 30.6 Å². The van der Waals surface area contributed by atoms with E-state index in [1.165, 1.54) is 6.42 Å². The zero-order valence-electron chi connectivity index (χ0n) is 19.7. The van der Waals surface area contributed by atoms with Crippen LogP contribution in [0.1, 0.15) is 58.4 Å². The second kappa shape index (κ2) is 8.22. The van der Waals surface area contributed by atoms with Crippen molar-refractivity contribution < 1.29 is 28.7 Å². The molecule has 1 aromatic carbocycles. The second-order valence-electron chi connectivity index (χ2n) is 10.0. The molecule has 8 atom stereocenters. The van der Waals surface area contributed by atoms with Crippen molar-refractivity contribution in [3.8, 4) is 23.3 Å². The predicted molar refractivity (Wildman–Crippen MR) is 118 cm³/mol. The van der Waals surface area contributed by atoms with Crippen LogP contribution < -0.4 is 9.47 Å². The molecule has 5 fully saturated rings. The molecule has 4 heterocycles. The van der Waals surface area contributed by atoms with Crippen LogP contribution in [0.3, 0.4) is 0 Å². The molecule has 6 nitrogen and oxygen atoms in total. The van der Waals surface area contributed by atoms with E-state index in [2.05, 4.69) is 25.7 Å². The maximum atomic E-state index is 6.61. The first-order valence-corrected chi connectivity index (χ1v) is 11.8. The molecule has 3 unspecified atom stereocenters. The summed E-state index contributed by atoms with van der Waals surface area (Å²) in [5.41, 5.74) is 0.324. The molecule has 0 amide bonds. The van der Waals surface area contributed by atoms with E-state index in [9.17, 15) is 0 Å². The average Bonchev–Trinajstić information content (AvgIpc) is 3.03. The number of hydrogen-bond acceptors (Lipinski definition) is 6. The summed E-state index contributed by atoms with van der Waals surface area (Å²) in [6.07, 6.45) is 4.36. The molecule has 1 saturated carbocycles. The van der Waals surface area contributed by atoms with Crippen LogP contribution in [0, 0.1) is 35.5 Å². The zero-order chi connectivity index (χ0) is 22.5. The minimum Gasteiger partial charge on any atom is -0.497 e. The summed E-state index contributed by atoms with van der Waals surface area (Å²) in [5.74, 6) is 8.88. The third-order valence-electron chi connectivity index (χ3n) is 8.23. The van der Waals surface area contributed by atoms with Crippen molar-refractivity contribution in [3.05, 3.63) is 23.8 Å². The van der Waals surface area contributed by atoms with Crippen molar-refractivity contribution >= 4 is 0 Å². The lowest BCUT2D eigenvalue weighted by atomic mass is 9.57. The van der Waals surface area contributed by atoms with E-state index in [0.29, 0.717) is 35.8 Å². The molecule has 4 aliphatic heterocycles. The quantitative estimate of drug-likeness (QED) is 0.500. The summed E-state index contributed by atoms with van der Waals surface area (Å²) in [4.78, 5) is 12.1. The Hall–Kier alpha value is -1.78. The van der Waals surface area contributed by atoms with Gasteiger partial charge in [0.25, 0.3) is 0 Å². The summed E-state index contributed by atoms with van der Waals surface area (Å²) >= 11 is 0. The Kier molecular flexibility index (Phi) is 5.66. The van der Waals surface area contributed by atoms with Gasteiger partial charge in [-0.15, -0.1) is 0 Å². The number of fused-ring (bicyclic) bond motifs is 2. The number of methoxy groups -OCH3 is 2. The van der Waals surface area contributed by atoms with Crippen LogP contribution in [0.25, 0.3) is 0 Å². The molecule has 1 aliphatic carbocycles. The van der Waals surface area contributed by atoms with Gasteiger partial charge in [0.05, 0.1) is 25.9 Å². The van der Waals surface area contributed by atoms with Crippen LogP contribution in [-0.4, -0.2) is 38.0 Å². The fourth-order valence-electron chi connectivity index (χ4n) is 6.36. The minimum atomic E-state index is -0.745. The van der Waals surface area contributed by atoms with E-state index in [-0.39, 0.29) is 6.10 Å². The fraction of sp³-hybridized carbons (Fsp3) is 0.692. The number of hydrogen-bond donors (Lipinski definition) is 0. The maximum Gasteiger partial charge on any atom is 0.201 e. The number of benzene rings is 1. The standard InChI is InChI=1S/C26H34O6/c1-16-9-12-21-17(2)22(8-6-7-18-10-11-19(27-4)15-23(18)28-5)29-24-26(21)20(16)13-14-25(3,30-24)31-32-26/h10-11,15-17,20-22,24H,8-9,12-14H2,1-5H3/t16-,17-,20?,21?,22-,24-,25?,26-/m1/s1. The van der Waals surface area contributed by atoms with Gasteiger partial charge in [-0.25, -0.2) is 9.78 Å². The molecule has 1 spiro atoms. The van der Waals surface area contributed by atoms with E-state index >= 15 is 0 Å². The number of rotatable bonds is 3. The minimum absolute atomic E-state index is 0.0204. The molecule has 4 saturated heterocycles. The highest BCUT2D eigenvalue weighted by molar-refractivity contribution is 5.49. The summed E-state index contributed by atoms with van der Waals surface area (Å²) in [5, 5.41) is 0. The molecule has 2 bridgehead atoms. The largest absolute Gasteiger partial charge is 0.497 e. The van der Waals surface area contributed by atoms with Crippen molar-refractivity contribution in [1.29, 1.82) is 0 Å². The second-order valence-corrected chi connectivity index (χ2v) is 10.0. The summed E-state index contributed by atoms with van der Waals surface area (Å²) in [7, 11) is 3.29. The third kappa shape index (κ3) is 3.42. The fourth-order valence-corrected chi connectivity index (χ4v) is 6.36. The van der Waals surface area contributed by atoms with Gasteiger partial charge in [0, 0.05) is 24.8 Å². The van der Waals surface area contributed by atoms with Crippen molar-refractivity contribution in [2.24, 2.45) is 23.7 Å². The zero-order valence-corrected chi connectivity index (χ0v) is 19.7. The first-order chi connectivity index (χ1) is 15.4. The van der Waals surface area contributed by atoms with Gasteiger partial charge in [-0.3, -0.25) is 0 Å². The average molecular weight is 443 g/mol. The molecule has 32 heavy (non-hydrogen) atoms. The third-order valence-corrected chi connectivity index (χ3v) is 8.23. The van der Waals surface area contributed by atoms with E-state index in [1.54, 1.807) is 14.2 Å². The van der Waals surface area contributed by atoms with Gasteiger partial charge in [0.15, 0.2) is 11.9 Å². The topological polar surface area (TPSA) is 55.4 Å². The lowest BCUT2D eigenvalue weighted by Gasteiger charge is -2.60. The predicted octanol–water partition coefficient (Wildman–Crippen LogP) is 4.70. The van der Waals surface area contributed by atoms with Gasteiger partial charge in [0.2, 0.25) is 5.79 Å². The molecule has 6 heteroatoms. The lowest BCUT2D eigenvalue weighted by molar-refractivity contribution is -0.570.